The van der Waals surface area contributed by atoms with E-state index >= 15 is 0 Å². The van der Waals surface area contributed by atoms with Gasteiger partial charge in [-0.05, 0) is 6.42 Å². The van der Waals surface area contributed by atoms with Crippen molar-refractivity contribution in [2.75, 3.05) is 5.75 Å². The van der Waals surface area contributed by atoms with Gasteiger partial charge in [0.1, 0.15) is 6.04 Å². The van der Waals surface area contributed by atoms with Crippen molar-refractivity contribution in [2.24, 2.45) is 0 Å². The molecule has 64 valence electrons. The maximum absolute atomic E-state index is 11.1. The molecule has 2 unspecified atom stereocenters. The lowest BCUT2D eigenvalue weighted by molar-refractivity contribution is -0.120. The van der Waals surface area contributed by atoms with Gasteiger partial charge < -0.3 is 10.6 Å². The summed E-state index contributed by atoms with van der Waals surface area (Å²) in [5.41, 5.74) is 0. The first kappa shape index (κ1) is 9.44. The van der Waals surface area contributed by atoms with Crippen LogP contribution in [0.3, 0.4) is 0 Å². The summed E-state index contributed by atoms with van der Waals surface area (Å²) in [7, 11) is 4.87. The van der Waals surface area contributed by atoms with Crippen LogP contribution in [0.5, 0.6) is 0 Å². The van der Waals surface area contributed by atoms with Crippen molar-refractivity contribution in [1.29, 1.82) is 0 Å². The summed E-state index contributed by atoms with van der Waals surface area (Å²) in [6.45, 7) is 0. The Morgan fingerprint density at radius 1 is 1.83 bits per heavy atom. The molecule has 1 rings (SSSR count). The number of hydrogen-bond donors (Lipinski definition) is 3. The summed E-state index contributed by atoms with van der Waals surface area (Å²) < 4.78 is 0. The fourth-order valence-electron chi connectivity index (χ4n) is 1.17. The predicted octanol–water partition coefficient (Wildman–Crippen LogP) is -0.949. The molecule has 2 amide bonds. The van der Waals surface area contributed by atoms with Crippen molar-refractivity contribution in [2.45, 2.75) is 18.5 Å². The van der Waals surface area contributed by atoms with Gasteiger partial charge in [-0.3, -0.25) is 9.59 Å². The highest BCUT2D eigenvalue weighted by molar-refractivity contribution is 7.80. The van der Waals surface area contributed by atoms with Crippen molar-refractivity contribution >= 4 is 32.2 Å². The highest BCUT2D eigenvalue weighted by Gasteiger charge is 2.31. The standard InChI is InChI=1S/C6H9BN2O2S/c7-6(11)9-4-1-3(2-12)8-5(4)10/h3-4,12H,1-2H2,(H,8,10)(H,9,11). The molecule has 1 heterocycles. The average Bonchev–Trinajstić information content (AvgIpc) is 2.31. The van der Waals surface area contributed by atoms with Gasteiger partial charge in [0.25, 0.3) is 0 Å². The van der Waals surface area contributed by atoms with Crippen LogP contribution < -0.4 is 10.6 Å². The molecule has 2 N–H and O–H groups in total. The minimum absolute atomic E-state index is 0.0395. The van der Waals surface area contributed by atoms with Gasteiger partial charge in [0.15, 0.2) is 5.81 Å². The van der Waals surface area contributed by atoms with Crippen molar-refractivity contribution in [3.05, 3.63) is 0 Å². The van der Waals surface area contributed by atoms with E-state index in [2.05, 4.69) is 23.3 Å². The molecule has 0 aromatic rings. The first-order valence-corrected chi connectivity index (χ1v) is 4.24. The van der Waals surface area contributed by atoms with Crippen LogP contribution >= 0.6 is 12.6 Å². The topological polar surface area (TPSA) is 58.2 Å². The molecular weight excluding hydrogens is 175 g/mol. The van der Waals surface area contributed by atoms with E-state index in [1.54, 1.807) is 0 Å². The number of rotatable bonds is 2. The molecule has 1 aliphatic rings. The minimum Gasteiger partial charge on any atom is -0.354 e. The smallest absolute Gasteiger partial charge is 0.242 e. The predicted molar refractivity (Wildman–Crippen MR) is 48.5 cm³/mol. The number of nitrogens with one attached hydrogen (secondary N) is 2. The van der Waals surface area contributed by atoms with Gasteiger partial charge in [0.2, 0.25) is 13.8 Å². The molecule has 12 heavy (non-hydrogen) atoms. The van der Waals surface area contributed by atoms with Gasteiger partial charge in [-0.25, -0.2) is 0 Å². The second-order valence-corrected chi connectivity index (χ2v) is 3.05. The van der Waals surface area contributed by atoms with Crippen molar-refractivity contribution in [1.82, 2.24) is 10.6 Å². The highest BCUT2D eigenvalue weighted by Crippen LogP contribution is 2.08. The zero-order valence-corrected chi connectivity index (χ0v) is 7.30. The molecule has 0 aliphatic carbocycles. The summed E-state index contributed by atoms with van der Waals surface area (Å²) in [6, 6.07) is -0.447. The van der Waals surface area contributed by atoms with Gasteiger partial charge >= 0.3 is 0 Å². The van der Waals surface area contributed by atoms with E-state index < -0.39 is 11.8 Å². The Morgan fingerprint density at radius 3 is 2.92 bits per heavy atom. The fourth-order valence-corrected chi connectivity index (χ4v) is 1.41. The average molecular weight is 184 g/mol. The van der Waals surface area contributed by atoms with Crippen LogP contribution in [0, 0.1) is 0 Å². The summed E-state index contributed by atoms with van der Waals surface area (Å²) in [4.78, 5) is 21.5. The fraction of sp³-hybridized carbons (Fsp3) is 0.667. The molecule has 1 fully saturated rings. The number of thiol groups is 1. The van der Waals surface area contributed by atoms with Gasteiger partial charge in [0.05, 0.1) is 0 Å². The SMILES string of the molecule is [B]C(=O)NC1CC(CS)NC1=O. The second-order valence-electron chi connectivity index (χ2n) is 2.68. The lowest BCUT2D eigenvalue weighted by Crippen LogP contribution is -2.39. The zero-order chi connectivity index (χ0) is 9.14. The third kappa shape index (κ3) is 2.17. The van der Waals surface area contributed by atoms with E-state index in [-0.39, 0.29) is 11.9 Å². The molecule has 0 bridgehead atoms. The Morgan fingerprint density at radius 2 is 2.50 bits per heavy atom. The van der Waals surface area contributed by atoms with E-state index in [1.807, 2.05) is 0 Å². The molecule has 4 nitrogen and oxygen atoms in total. The van der Waals surface area contributed by atoms with Crippen LogP contribution in [0.25, 0.3) is 0 Å². The first-order valence-electron chi connectivity index (χ1n) is 3.60. The van der Waals surface area contributed by atoms with E-state index in [0.29, 0.717) is 12.2 Å². The summed E-state index contributed by atoms with van der Waals surface area (Å²) in [6.07, 6.45) is 0.561. The van der Waals surface area contributed by atoms with Crippen LogP contribution in [0.1, 0.15) is 6.42 Å². The molecule has 2 radical (unpaired) electrons. The van der Waals surface area contributed by atoms with Crippen molar-refractivity contribution in [3.63, 3.8) is 0 Å². The third-order valence-electron chi connectivity index (χ3n) is 1.72. The molecular formula is C6H9BN2O2S. The maximum atomic E-state index is 11.1. The molecule has 1 aliphatic heterocycles. The monoisotopic (exact) mass is 184 g/mol. The van der Waals surface area contributed by atoms with Gasteiger partial charge in [-0.2, -0.15) is 12.6 Å². The largest absolute Gasteiger partial charge is 0.354 e. The molecule has 0 spiro atoms. The van der Waals surface area contributed by atoms with E-state index in [4.69, 9.17) is 7.85 Å². The maximum Gasteiger partial charge on any atom is 0.242 e. The number of carbonyl (C=O) groups excluding carboxylic acids is 2. The van der Waals surface area contributed by atoms with Gasteiger partial charge in [0, 0.05) is 11.8 Å². The highest BCUT2D eigenvalue weighted by atomic mass is 32.1. The van der Waals surface area contributed by atoms with Crippen LogP contribution in [0.4, 0.5) is 4.79 Å². The first-order chi connectivity index (χ1) is 5.63. The molecule has 6 heteroatoms. The molecule has 2 atom stereocenters. The van der Waals surface area contributed by atoms with Crippen LogP contribution in [0.15, 0.2) is 0 Å². The Hall–Kier alpha value is -0.645. The van der Waals surface area contributed by atoms with Crippen molar-refractivity contribution in [3.8, 4) is 0 Å². The quantitative estimate of drug-likeness (QED) is 0.383. The summed E-state index contributed by atoms with van der Waals surface area (Å²) in [5.74, 6) is -0.286. The molecule has 1 saturated heterocycles. The Bertz CT molecular complexity index is 212. The zero-order valence-electron chi connectivity index (χ0n) is 6.41. The van der Waals surface area contributed by atoms with Gasteiger partial charge in [-0.1, -0.05) is 0 Å². The molecule has 0 aromatic heterocycles. The Kier molecular flexibility index (Phi) is 3.02. The van der Waals surface area contributed by atoms with E-state index in [0.717, 1.165) is 0 Å². The van der Waals surface area contributed by atoms with Gasteiger partial charge in [-0.15, -0.1) is 0 Å². The molecule has 0 saturated carbocycles. The summed E-state index contributed by atoms with van der Waals surface area (Å²) in [5, 5.41) is 5.02. The van der Waals surface area contributed by atoms with Crippen molar-refractivity contribution < 1.29 is 9.59 Å². The molecule has 0 aromatic carbocycles. The lowest BCUT2D eigenvalue weighted by Gasteiger charge is -2.06. The van der Waals surface area contributed by atoms with Crippen LogP contribution in [-0.4, -0.2) is 37.4 Å². The summed E-state index contributed by atoms with van der Waals surface area (Å²) >= 11 is 4.03. The minimum atomic E-state index is -0.671. The lowest BCUT2D eigenvalue weighted by atomic mass is 10.1. The Balaban J connectivity index is 2.46. The second kappa shape index (κ2) is 3.84. The number of amides is 2. The van der Waals surface area contributed by atoms with E-state index in [1.165, 1.54) is 0 Å². The van der Waals surface area contributed by atoms with E-state index in [9.17, 15) is 9.59 Å². The number of carbonyl (C=O) groups is 2. The normalized spacial score (nSPS) is 28.2. The Labute approximate surface area is 77.3 Å². The van der Waals surface area contributed by atoms with Crippen LogP contribution in [0.2, 0.25) is 0 Å². The van der Waals surface area contributed by atoms with Crippen LogP contribution in [-0.2, 0) is 4.79 Å². The third-order valence-corrected chi connectivity index (χ3v) is 2.16. The number of hydrogen-bond acceptors (Lipinski definition) is 3.